The predicted molar refractivity (Wildman–Crippen MR) is 59.6 cm³/mol. The summed E-state index contributed by atoms with van der Waals surface area (Å²) in [5.41, 5.74) is 1.24. The second kappa shape index (κ2) is 4.77. The molecule has 3 nitrogen and oxygen atoms in total. The number of nitrogens with zero attached hydrogens (tertiary/aromatic N) is 1. The second-order valence-corrected chi connectivity index (χ2v) is 4.62. The van der Waals surface area contributed by atoms with Gasteiger partial charge in [0.2, 0.25) is 5.91 Å². The molecule has 1 atom stereocenters. The molecule has 4 heteroatoms. The highest BCUT2D eigenvalue weighted by Gasteiger charge is 2.25. The van der Waals surface area contributed by atoms with Gasteiger partial charge in [-0.2, -0.15) is 11.3 Å². The summed E-state index contributed by atoms with van der Waals surface area (Å²) in [4.78, 5) is 13.1. The average molecular weight is 225 g/mol. The Bertz CT molecular complexity index is 323. The van der Waals surface area contributed by atoms with E-state index >= 15 is 0 Å². The van der Waals surface area contributed by atoms with E-state index in [1.54, 1.807) is 16.2 Å². The van der Waals surface area contributed by atoms with Crippen molar-refractivity contribution in [3.63, 3.8) is 0 Å². The number of rotatable bonds is 3. The molecule has 1 fully saturated rings. The van der Waals surface area contributed by atoms with Gasteiger partial charge in [0.25, 0.3) is 0 Å². The molecule has 0 aromatic carbocycles. The molecule has 2 rings (SSSR count). The number of hydrogen-bond donors (Lipinski definition) is 1. The summed E-state index contributed by atoms with van der Waals surface area (Å²) in [6.45, 7) is 0.636. The summed E-state index contributed by atoms with van der Waals surface area (Å²) < 4.78 is 0. The van der Waals surface area contributed by atoms with Crippen LogP contribution in [0.1, 0.15) is 24.8 Å². The number of amides is 1. The van der Waals surface area contributed by atoms with Crippen LogP contribution in [0.5, 0.6) is 0 Å². The van der Waals surface area contributed by atoms with E-state index in [2.05, 4.69) is 11.4 Å². The molecule has 1 aromatic rings. The zero-order valence-corrected chi connectivity index (χ0v) is 9.37. The van der Waals surface area contributed by atoms with Gasteiger partial charge in [0, 0.05) is 13.0 Å². The van der Waals surface area contributed by atoms with Gasteiger partial charge in [-0.3, -0.25) is 4.79 Å². The zero-order valence-electron chi connectivity index (χ0n) is 8.56. The van der Waals surface area contributed by atoms with Gasteiger partial charge in [0.15, 0.2) is 0 Å². The van der Waals surface area contributed by atoms with Crippen molar-refractivity contribution in [2.24, 2.45) is 0 Å². The second-order valence-electron chi connectivity index (χ2n) is 3.84. The van der Waals surface area contributed by atoms with Crippen molar-refractivity contribution in [1.29, 1.82) is 0 Å². The maximum Gasteiger partial charge on any atom is 0.224 e. The molecular weight excluding hydrogens is 210 g/mol. The lowest BCUT2D eigenvalue weighted by Crippen LogP contribution is -2.44. The van der Waals surface area contributed by atoms with E-state index in [9.17, 15) is 9.90 Å². The Labute approximate surface area is 93.3 Å². The van der Waals surface area contributed by atoms with Gasteiger partial charge in [-0.15, -0.1) is 0 Å². The van der Waals surface area contributed by atoms with Crippen molar-refractivity contribution in [3.8, 4) is 0 Å². The molecule has 1 aromatic heterocycles. The highest BCUT2D eigenvalue weighted by Crippen LogP contribution is 2.17. The lowest BCUT2D eigenvalue weighted by atomic mass is 10.1. The lowest BCUT2D eigenvalue weighted by molar-refractivity contribution is -0.146. The number of aliphatic hydroxyl groups excluding tert-OH is 1. The van der Waals surface area contributed by atoms with Crippen molar-refractivity contribution < 1.29 is 9.90 Å². The number of aliphatic hydroxyl groups is 1. The summed E-state index contributed by atoms with van der Waals surface area (Å²) in [6, 6.07) is 2.06. The minimum atomic E-state index is -0.565. The summed E-state index contributed by atoms with van der Waals surface area (Å²) in [7, 11) is 0. The third-order valence-electron chi connectivity index (χ3n) is 2.75. The van der Waals surface area contributed by atoms with E-state index in [0.29, 0.717) is 13.0 Å². The zero-order chi connectivity index (χ0) is 10.7. The van der Waals surface area contributed by atoms with E-state index in [-0.39, 0.29) is 5.91 Å². The molecule has 0 saturated carbocycles. The molecule has 0 spiro atoms. The number of carbonyl (C=O) groups is 1. The molecule has 1 unspecified atom stereocenters. The van der Waals surface area contributed by atoms with Gasteiger partial charge in [-0.05, 0) is 41.7 Å². The van der Waals surface area contributed by atoms with Gasteiger partial charge >= 0.3 is 0 Å². The lowest BCUT2D eigenvalue weighted by Gasteiger charge is -2.31. The molecular formula is C11H15NO2S. The molecule has 0 aliphatic carbocycles. The van der Waals surface area contributed by atoms with Gasteiger partial charge in [0.05, 0.1) is 0 Å². The minimum absolute atomic E-state index is 0.0870. The van der Waals surface area contributed by atoms with Crippen molar-refractivity contribution in [2.45, 2.75) is 31.9 Å². The van der Waals surface area contributed by atoms with Crippen LogP contribution in [0.2, 0.25) is 0 Å². The number of hydrogen-bond acceptors (Lipinski definition) is 3. The fourth-order valence-electron chi connectivity index (χ4n) is 1.86. The van der Waals surface area contributed by atoms with Crippen LogP contribution in [0.3, 0.4) is 0 Å². The third kappa shape index (κ3) is 2.58. The first kappa shape index (κ1) is 10.6. The first-order chi connectivity index (χ1) is 7.27. The number of carbonyl (C=O) groups excluding carboxylic acids is 1. The van der Waals surface area contributed by atoms with E-state index < -0.39 is 6.23 Å². The van der Waals surface area contributed by atoms with Crippen LogP contribution in [-0.2, 0) is 11.2 Å². The molecule has 1 amide bonds. The van der Waals surface area contributed by atoms with E-state index in [1.807, 2.05) is 5.38 Å². The number of piperidine rings is 1. The summed E-state index contributed by atoms with van der Waals surface area (Å²) in [5, 5.41) is 13.8. The summed E-state index contributed by atoms with van der Waals surface area (Å²) >= 11 is 1.66. The molecule has 1 aliphatic heterocycles. The van der Waals surface area contributed by atoms with Crippen molar-refractivity contribution >= 4 is 17.2 Å². The minimum Gasteiger partial charge on any atom is -0.374 e. The molecule has 82 valence electrons. The highest BCUT2D eigenvalue weighted by molar-refractivity contribution is 7.07. The average Bonchev–Trinajstić information content (AvgIpc) is 2.70. The van der Waals surface area contributed by atoms with Gasteiger partial charge in [-0.25, -0.2) is 0 Å². The normalized spacial score (nSPS) is 22.1. The maximum atomic E-state index is 11.5. The predicted octanol–water partition coefficient (Wildman–Crippen LogP) is 1.62. The van der Waals surface area contributed by atoms with Crippen molar-refractivity contribution in [3.05, 3.63) is 22.4 Å². The Kier molecular flexibility index (Phi) is 3.38. The maximum absolute atomic E-state index is 11.5. The molecule has 0 bridgehead atoms. The Morgan fingerprint density at radius 2 is 2.47 bits per heavy atom. The number of likely N-dealkylation sites (tertiary alicyclic amines) is 1. The smallest absolute Gasteiger partial charge is 0.224 e. The van der Waals surface area contributed by atoms with Gasteiger partial charge in [0.1, 0.15) is 6.23 Å². The molecule has 1 N–H and O–H groups in total. The fraction of sp³-hybridized carbons (Fsp3) is 0.545. The summed E-state index contributed by atoms with van der Waals surface area (Å²) in [6.07, 6.45) is 2.39. The first-order valence-electron chi connectivity index (χ1n) is 5.26. The van der Waals surface area contributed by atoms with Crippen LogP contribution >= 0.6 is 11.3 Å². The molecule has 1 saturated heterocycles. The quantitative estimate of drug-likeness (QED) is 0.849. The Morgan fingerprint density at radius 3 is 3.13 bits per heavy atom. The molecule has 1 aliphatic rings. The largest absolute Gasteiger partial charge is 0.374 e. The molecule has 15 heavy (non-hydrogen) atoms. The first-order valence-corrected chi connectivity index (χ1v) is 6.20. The van der Waals surface area contributed by atoms with Gasteiger partial charge < -0.3 is 10.0 Å². The standard InChI is InChI=1S/C11H15NO2S/c13-10-2-1-3-11(14)12(10)6-4-9-5-7-15-8-9/h5,7-8,10,13H,1-4,6H2. The monoisotopic (exact) mass is 225 g/mol. The third-order valence-corrected chi connectivity index (χ3v) is 3.49. The Hall–Kier alpha value is -0.870. The van der Waals surface area contributed by atoms with Gasteiger partial charge in [-0.1, -0.05) is 0 Å². The van der Waals surface area contributed by atoms with E-state index in [1.165, 1.54) is 5.56 Å². The van der Waals surface area contributed by atoms with Crippen LogP contribution in [0.15, 0.2) is 16.8 Å². The SMILES string of the molecule is O=C1CCCC(O)N1CCc1ccsc1. The van der Waals surface area contributed by atoms with Crippen LogP contribution in [0.4, 0.5) is 0 Å². The summed E-state index contributed by atoms with van der Waals surface area (Å²) in [5.74, 6) is 0.0870. The van der Waals surface area contributed by atoms with Crippen LogP contribution in [-0.4, -0.2) is 28.7 Å². The van der Waals surface area contributed by atoms with Crippen molar-refractivity contribution in [1.82, 2.24) is 4.90 Å². The van der Waals surface area contributed by atoms with E-state index in [4.69, 9.17) is 0 Å². The Balaban J connectivity index is 1.89. The topological polar surface area (TPSA) is 40.5 Å². The highest BCUT2D eigenvalue weighted by atomic mass is 32.1. The van der Waals surface area contributed by atoms with Crippen molar-refractivity contribution in [2.75, 3.05) is 6.54 Å². The molecule has 0 radical (unpaired) electrons. The van der Waals surface area contributed by atoms with Crippen LogP contribution < -0.4 is 0 Å². The van der Waals surface area contributed by atoms with Crippen LogP contribution in [0.25, 0.3) is 0 Å². The fourth-order valence-corrected chi connectivity index (χ4v) is 2.56. The number of thiophene rings is 1. The van der Waals surface area contributed by atoms with Crippen LogP contribution in [0, 0.1) is 0 Å². The van der Waals surface area contributed by atoms with E-state index in [0.717, 1.165) is 19.3 Å². The Morgan fingerprint density at radius 1 is 1.60 bits per heavy atom. The molecule has 2 heterocycles.